The van der Waals surface area contributed by atoms with Crippen molar-refractivity contribution in [3.05, 3.63) is 40.7 Å². The molecule has 0 atom stereocenters. The summed E-state index contributed by atoms with van der Waals surface area (Å²) in [7, 11) is 0. The molecule has 0 fully saturated rings. The number of rotatable bonds is 4. The number of halogens is 1. The number of aryl methyl sites for hydroxylation is 1. The lowest BCUT2D eigenvalue weighted by molar-refractivity contribution is 0.570. The van der Waals surface area contributed by atoms with Gasteiger partial charge in [-0.1, -0.05) is 24.6 Å². The van der Waals surface area contributed by atoms with Crippen molar-refractivity contribution >= 4 is 11.6 Å². The Morgan fingerprint density at radius 3 is 2.94 bits per heavy atom. The van der Waals surface area contributed by atoms with Gasteiger partial charge in [-0.15, -0.1) is 0 Å². The molecule has 0 radical (unpaired) electrons. The number of hydrogen-bond donors (Lipinski definition) is 1. The topological polar surface area (TPSA) is 38.1 Å². The Kier molecular flexibility index (Phi) is 3.82. The Hall–Kier alpha value is -1.32. The summed E-state index contributed by atoms with van der Waals surface area (Å²) in [6.07, 6.45) is 1.66. The van der Waals surface area contributed by atoms with Crippen LogP contribution in [-0.4, -0.2) is 11.5 Å². The zero-order valence-electron chi connectivity index (χ0n) is 9.96. The minimum atomic E-state index is 0.572. The molecule has 17 heavy (non-hydrogen) atoms. The SMILES string of the molecule is CCNCc1coc(-c2ccc(C)cc2Cl)n1. The maximum Gasteiger partial charge on any atom is 0.227 e. The van der Waals surface area contributed by atoms with E-state index < -0.39 is 0 Å². The predicted octanol–water partition coefficient (Wildman–Crippen LogP) is 3.41. The third-order valence-electron chi connectivity index (χ3n) is 2.46. The first kappa shape index (κ1) is 12.1. The largest absolute Gasteiger partial charge is 0.444 e. The maximum absolute atomic E-state index is 6.16. The summed E-state index contributed by atoms with van der Waals surface area (Å²) in [6, 6.07) is 5.83. The summed E-state index contributed by atoms with van der Waals surface area (Å²) in [5.41, 5.74) is 2.84. The minimum absolute atomic E-state index is 0.572. The molecule has 4 heteroatoms. The van der Waals surface area contributed by atoms with E-state index >= 15 is 0 Å². The molecule has 1 aromatic heterocycles. The highest BCUT2D eigenvalue weighted by Gasteiger charge is 2.10. The number of nitrogens with one attached hydrogen (secondary N) is 1. The molecular formula is C13H15ClN2O. The van der Waals surface area contributed by atoms with Crippen LogP contribution in [0.15, 0.2) is 28.9 Å². The van der Waals surface area contributed by atoms with Gasteiger partial charge in [-0.05, 0) is 31.2 Å². The van der Waals surface area contributed by atoms with E-state index in [1.54, 1.807) is 6.26 Å². The quantitative estimate of drug-likeness (QED) is 0.904. The van der Waals surface area contributed by atoms with Crippen molar-refractivity contribution in [3.8, 4) is 11.5 Å². The second kappa shape index (κ2) is 5.34. The predicted molar refractivity (Wildman–Crippen MR) is 69.1 cm³/mol. The third kappa shape index (κ3) is 2.87. The lowest BCUT2D eigenvalue weighted by Gasteiger charge is -2.00. The van der Waals surface area contributed by atoms with Crippen LogP contribution in [-0.2, 0) is 6.54 Å². The fourth-order valence-electron chi connectivity index (χ4n) is 1.56. The highest BCUT2D eigenvalue weighted by atomic mass is 35.5. The minimum Gasteiger partial charge on any atom is -0.444 e. The van der Waals surface area contributed by atoms with Gasteiger partial charge in [0.1, 0.15) is 6.26 Å². The first-order chi connectivity index (χ1) is 8.20. The molecule has 0 spiro atoms. The van der Waals surface area contributed by atoms with Gasteiger partial charge < -0.3 is 9.73 Å². The van der Waals surface area contributed by atoms with Crippen LogP contribution in [0.5, 0.6) is 0 Å². The average molecular weight is 251 g/mol. The number of nitrogens with zero attached hydrogens (tertiary/aromatic N) is 1. The normalized spacial score (nSPS) is 10.8. The molecular weight excluding hydrogens is 236 g/mol. The van der Waals surface area contributed by atoms with Gasteiger partial charge in [0.2, 0.25) is 5.89 Å². The molecule has 2 aromatic rings. The Morgan fingerprint density at radius 1 is 1.41 bits per heavy atom. The van der Waals surface area contributed by atoms with Crippen LogP contribution >= 0.6 is 11.6 Å². The van der Waals surface area contributed by atoms with Gasteiger partial charge in [0.05, 0.1) is 16.3 Å². The van der Waals surface area contributed by atoms with E-state index in [2.05, 4.69) is 17.2 Å². The van der Waals surface area contributed by atoms with Crippen molar-refractivity contribution in [1.82, 2.24) is 10.3 Å². The molecule has 0 aliphatic heterocycles. The van der Waals surface area contributed by atoms with Crippen LogP contribution < -0.4 is 5.32 Å². The third-order valence-corrected chi connectivity index (χ3v) is 2.78. The fraction of sp³-hybridized carbons (Fsp3) is 0.308. The standard InChI is InChI=1S/C13H15ClN2O/c1-3-15-7-10-8-17-13(16-10)11-5-4-9(2)6-12(11)14/h4-6,8,15H,3,7H2,1-2H3. The Labute approximate surface area is 106 Å². The van der Waals surface area contributed by atoms with E-state index in [0.29, 0.717) is 17.5 Å². The van der Waals surface area contributed by atoms with Gasteiger partial charge in [0.15, 0.2) is 0 Å². The monoisotopic (exact) mass is 250 g/mol. The Balaban J connectivity index is 2.24. The first-order valence-corrected chi connectivity index (χ1v) is 6.00. The van der Waals surface area contributed by atoms with Crippen molar-refractivity contribution < 1.29 is 4.42 Å². The number of oxazole rings is 1. The van der Waals surface area contributed by atoms with Crippen molar-refractivity contribution in [2.45, 2.75) is 20.4 Å². The van der Waals surface area contributed by atoms with E-state index in [9.17, 15) is 0 Å². The zero-order chi connectivity index (χ0) is 12.3. The molecule has 0 bridgehead atoms. The van der Waals surface area contributed by atoms with E-state index in [4.69, 9.17) is 16.0 Å². The second-order valence-electron chi connectivity index (χ2n) is 3.91. The molecule has 0 saturated carbocycles. The van der Waals surface area contributed by atoms with Crippen LogP contribution in [0.25, 0.3) is 11.5 Å². The molecule has 0 aliphatic rings. The first-order valence-electron chi connectivity index (χ1n) is 5.62. The lowest BCUT2D eigenvalue weighted by atomic mass is 10.1. The highest BCUT2D eigenvalue weighted by Crippen LogP contribution is 2.27. The molecule has 0 saturated heterocycles. The van der Waals surface area contributed by atoms with Crippen LogP contribution in [0.4, 0.5) is 0 Å². The molecule has 0 aliphatic carbocycles. The van der Waals surface area contributed by atoms with E-state index in [-0.39, 0.29) is 0 Å². The molecule has 0 amide bonds. The van der Waals surface area contributed by atoms with E-state index in [1.807, 2.05) is 25.1 Å². The summed E-state index contributed by atoms with van der Waals surface area (Å²) in [5, 5.41) is 3.87. The molecule has 1 heterocycles. The Morgan fingerprint density at radius 2 is 2.24 bits per heavy atom. The van der Waals surface area contributed by atoms with Gasteiger partial charge in [0, 0.05) is 6.54 Å². The van der Waals surface area contributed by atoms with Gasteiger partial charge in [-0.3, -0.25) is 0 Å². The smallest absolute Gasteiger partial charge is 0.227 e. The van der Waals surface area contributed by atoms with Crippen LogP contribution in [0.3, 0.4) is 0 Å². The maximum atomic E-state index is 6.16. The highest BCUT2D eigenvalue weighted by molar-refractivity contribution is 6.33. The summed E-state index contributed by atoms with van der Waals surface area (Å²) in [4.78, 5) is 4.39. The summed E-state index contributed by atoms with van der Waals surface area (Å²) in [6.45, 7) is 5.68. The van der Waals surface area contributed by atoms with E-state index in [0.717, 1.165) is 23.4 Å². The molecule has 1 aromatic carbocycles. The van der Waals surface area contributed by atoms with Crippen molar-refractivity contribution in [2.24, 2.45) is 0 Å². The molecule has 1 N–H and O–H groups in total. The summed E-state index contributed by atoms with van der Waals surface area (Å²) >= 11 is 6.16. The van der Waals surface area contributed by atoms with Crippen molar-refractivity contribution in [3.63, 3.8) is 0 Å². The van der Waals surface area contributed by atoms with Crippen molar-refractivity contribution in [1.29, 1.82) is 0 Å². The van der Waals surface area contributed by atoms with E-state index in [1.165, 1.54) is 0 Å². The zero-order valence-corrected chi connectivity index (χ0v) is 10.7. The average Bonchev–Trinajstić information content (AvgIpc) is 2.75. The number of hydrogen-bond acceptors (Lipinski definition) is 3. The van der Waals surface area contributed by atoms with Gasteiger partial charge in [-0.2, -0.15) is 0 Å². The van der Waals surface area contributed by atoms with Crippen LogP contribution in [0, 0.1) is 6.92 Å². The Bertz CT molecular complexity index is 508. The number of aromatic nitrogens is 1. The summed E-state index contributed by atoms with van der Waals surface area (Å²) < 4.78 is 5.43. The second-order valence-corrected chi connectivity index (χ2v) is 4.31. The molecule has 2 rings (SSSR count). The molecule has 0 unspecified atom stereocenters. The van der Waals surface area contributed by atoms with Gasteiger partial charge in [0.25, 0.3) is 0 Å². The van der Waals surface area contributed by atoms with Gasteiger partial charge in [-0.25, -0.2) is 4.98 Å². The molecule has 3 nitrogen and oxygen atoms in total. The fourth-order valence-corrected chi connectivity index (χ4v) is 1.87. The van der Waals surface area contributed by atoms with Gasteiger partial charge >= 0.3 is 0 Å². The summed E-state index contributed by atoms with van der Waals surface area (Å²) in [5.74, 6) is 0.572. The lowest BCUT2D eigenvalue weighted by Crippen LogP contribution is -2.11. The van der Waals surface area contributed by atoms with Crippen LogP contribution in [0.2, 0.25) is 5.02 Å². The number of benzene rings is 1. The van der Waals surface area contributed by atoms with Crippen molar-refractivity contribution in [2.75, 3.05) is 6.54 Å². The van der Waals surface area contributed by atoms with Crippen LogP contribution in [0.1, 0.15) is 18.2 Å². The molecule has 90 valence electrons.